The molecule has 9 heteroatoms. The van der Waals surface area contributed by atoms with Gasteiger partial charge in [0.1, 0.15) is 11.6 Å². The second-order valence-electron chi connectivity index (χ2n) is 5.34. The number of carbonyl (C=O) groups is 2. The standard InChI is InChI=1S/C19H16N4O5/c1-2-28-19(25)16-5-3-4-6-17(16)22-18(24)13(11-20)12-21-14-7-9-15(10-8-14)23(26)27/h3-10,12,21H,2H2,1H3,(H,22,24)/b13-12-. The van der Waals surface area contributed by atoms with Gasteiger partial charge in [0, 0.05) is 24.0 Å². The van der Waals surface area contributed by atoms with Gasteiger partial charge < -0.3 is 15.4 Å². The lowest BCUT2D eigenvalue weighted by molar-refractivity contribution is -0.384. The van der Waals surface area contributed by atoms with Crippen LogP contribution in [-0.4, -0.2) is 23.4 Å². The lowest BCUT2D eigenvalue weighted by Gasteiger charge is -2.10. The highest BCUT2D eigenvalue weighted by Gasteiger charge is 2.16. The number of amides is 1. The smallest absolute Gasteiger partial charge is 0.340 e. The zero-order chi connectivity index (χ0) is 20.5. The van der Waals surface area contributed by atoms with Gasteiger partial charge in [-0.1, -0.05) is 12.1 Å². The fourth-order valence-corrected chi connectivity index (χ4v) is 2.15. The maximum atomic E-state index is 12.4. The van der Waals surface area contributed by atoms with Gasteiger partial charge in [-0.15, -0.1) is 0 Å². The predicted molar refractivity (Wildman–Crippen MR) is 101 cm³/mol. The molecule has 0 bridgehead atoms. The van der Waals surface area contributed by atoms with E-state index in [0.717, 1.165) is 0 Å². The van der Waals surface area contributed by atoms with Crippen molar-refractivity contribution in [1.82, 2.24) is 0 Å². The molecule has 0 unspecified atom stereocenters. The molecule has 1 amide bonds. The van der Waals surface area contributed by atoms with Gasteiger partial charge >= 0.3 is 5.97 Å². The number of nitriles is 1. The van der Waals surface area contributed by atoms with E-state index in [0.29, 0.717) is 5.69 Å². The molecule has 0 saturated heterocycles. The second-order valence-corrected chi connectivity index (χ2v) is 5.34. The molecule has 0 atom stereocenters. The summed E-state index contributed by atoms with van der Waals surface area (Å²) >= 11 is 0. The van der Waals surface area contributed by atoms with Crippen LogP contribution in [0.5, 0.6) is 0 Å². The summed E-state index contributed by atoms with van der Waals surface area (Å²) in [7, 11) is 0. The summed E-state index contributed by atoms with van der Waals surface area (Å²) in [5.41, 5.74) is 0.499. The van der Waals surface area contributed by atoms with Gasteiger partial charge in [0.25, 0.3) is 11.6 Å². The predicted octanol–water partition coefficient (Wildman–Crippen LogP) is 3.23. The minimum absolute atomic E-state index is 0.0802. The van der Waals surface area contributed by atoms with Crippen molar-refractivity contribution in [2.24, 2.45) is 0 Å². The Labute approximate surface area is 160 Å². The normalized spacial score (nSPS) is 10.5. The van der Waals surface area contributed by atoms with Crippen LogP contribution in [0.25, 0.3) is 0 Å². The molecule has 0 radical (unpaired) electrons. The number of nitrogens with zero attached hydrogens (tertiary/aromatic N) is 2. The molecule has 0 spiro atoms. The average molecular weight is 380 g/mol. The number of esters is 1. The molecule has 2 rings (SSSR count). The fraction of sp³-hybridized carbons (Fsp3) is 0.105. The van der Waals surface area contributed by atoms with Crippen LogP contribution < -0.4 is 10.6 Å². The van der Waals surface area contributed by atoms with Crippen molar-refractivity contribution in [3.8, 4) is 6.07 Å². The molecule has 0 aromatic heterocycles. The van der Waals surface area contributed by atoms with E-state index in [-0.39, 0.29) is 29.1 Å². The fourth-order valence-electron chi connectivity index (χ4n) is 2.15. The number of hydrogen-bond donors (Lipinski definition) is 2. The Balaban J connectivity index is 2.14. The number of hydrogen-bond acceptors (Lipinski definition) is 7. The minimum atomic E-state index is -0.728. The van der Waals surface area contributed by atoms with E-state index in [4.69, 9.17) is 4.74 Å². The van der Waals surface area contributed by atoms with E-state index < -0.39 is 16.8 Å². The number of nitro groups is 1. The summed E-state index contributed by atoms with van der Waals surface area (Å²) in [6.07, 6.45) is 1.17. The highest BCUT2D eigenvalue weighted by atomic mass is 16.6. The first-order valence-corrected chi connectivity index (χ1v) is 8.15. The third-order valence-electron chi connectivity index (χ3n) is 3.50. The van der Waals surface area contributed by atoms with Crippen LogP contribution in [-0.2, 0) is 9.53 Å². The summed E-state index contributed by atoms with van der Waals surface area (Å²) in [6, 6.07) is 13.5. The van der Waals surface area contributed by atoms with Crippen LogP contribution >= 0.6 is 0 Å². The number of benzene rings is 2. The number of para-hydroxylation sites is 1. The Bertz CT molecular complexity index is 961. The summed E-state index contributed by atoms with van der Waals surface area (Å²) < 4.78 is 4.94. The molecule has 0 aliphatic heterocycles. The van der Waals surface area contributed by atoms with Gasteiger partial charge in [0.15, 0.2) is 0 Å². The Hall–Kier alpha value is -4.19. The van der Waals surface area contributed by atoms with E-state index in [2.05, 4.69) is 10.6 Å². The van der Waals surface area contributed by atoms with Gasteiger partial charge in [-0.25, -0.2) is 4.79 Å². The molecule has 0 heterocycles. The quantitative estimate of drug-likeness (QED) is 0.247. The van der Waals surface area contributed by atoms with Crippen molar-refractivity contribution in [1.29, 1.82) is 5.26 Å². The first-order valence-electron chi connectivity index (χ1n) is 8.15. The van der Waals surface area contributed by atoms with Crippen molar-refractivity contribution in [2.45, 2.75) is 6.92 Å². The molecule has 2 aromatic carbocycles. The maximum absolute atomic E-state index is 12.4. The topological polar surface area (TPSA) is 134 Å². The summed E-state index contributed by atoms with van der Waals surface area (Å²) in [4.78, 5) is 34.4. The Morgan fingerprint density at radius 2 is 1.89 bits per heavy atom. The lowest BCUT2D eigenvalue weighted by Crippen LogP contribution is -2.17. The van der Waals surface area contributed by atoms with Crippen molar-refractivity contribution in [2.75, 3.05) is 17.2 Å². The molecule has 0 aliphatic rings. The largest absolute Gasteiger partial charge is 0.462 e. The number of non-ortho nitro benzene ring substituents is 1. The third kappa shape index (κ3) is 5.15. The number of anilines is 2. The first kappa shape index (κ1) is 20.1. The van der Waals surface area contributed by atoms with Crippen molar-refractivity contribution < 1.29 is 19.2 Å². The van der Waals surface area contributed by atoms with Crippen LogP contribution in [0, 0.1) is 21.4 Å². The van der Waals surface area contributed by atoms with Gasteiger partial charge in [-0.05, 0) is 31.2 Å². The van der Waals surface area contributed by atoms with Crippen LogP contribution in [0.2, 0.25) is 0 Å². The summed E-state index contributed by atoms with van der Waals surface area (Å²) in [5.74, 6) is -1.32. The van der Waals surface area contributed by atoms with E-state index in [1.165, 1.54) is 42.6 Å². The first-order chi connectivity index (χ1) is 13.5. The van der Waals surface area contributed by atoms with Gasteiger partial charge in [0.2, 0.25) is 0 Å². The summed E-state index contributed by atoms with van der Waals surface area (Å²) in [6.45, 7) is 1.85. The maximum Gasteiger partial charge on any atom is 0.340 e. The molecule has 9 nitrogen and oxygen atoms in total. The van der Waals surface area contributed by atoms with E-state index >= 15 is 0 Å². The molecule has 2 aromatic rings. The number of ether oxygens (including phenoxy) is 1. The van der Waals surface area contributed by atoms with Crippen molar-refractivity contribution in [3.05, 3.63) is 76.0 Å². The number of nitrogens with one attached hydrogen (secondary N) is 2. The number of nitro benzene ring substituents is 1. The highest BCUT2D eigenvalue weighted by Crippen LogP contribution is 2.18. The monoisotopic (exact) mass is 380 g/mol. The van der Waals surface area contributed by atoms with Crippen LogP contribution in [0.3, 0.4) is 0 Å². The molecule has 0 saturated carbocycles. The van der Waals surface area contributed by atoms with E-state index in [1.807, 2.05) is 0 Å². The van der Waals surface area contributed by atoms with Crippen LogP contribution in [0.15, 0.2) is 60.3 Å². The number of rotatable bonds is 7. The SMILES string of the molecule is CCOC(=O)c1ccccc1NC(=O)/C(C#N)=C\Nc1ccc([N+](=O)[O-])cc1. The second kappa shape index (κ2) is 9.49. The van der Waals surface area contributed by atoms with Crippen molar-refractivity contribution in [3.63, 3.8) is 0 Å². The Morgan fingerprint density at radius 3 is 2.50 bits per heavy atom. The van der Waals surface area contributed by atoms with Crippen LogP contribution in [0.4, 0.5) is 17.1 Å². The Kier molecular flexibility index (Phi) is 6.82. The van der Waals surface area contributed by atoms with Crippen molar-refractivity contribution >= 4 is 28.9 Å². The summed E-state index contributed by atoms with van der Waals surface area (Å²) in [5, 5.41) is 25.1. The van der Waals surface area contributed by atoms with Gasteiger partial charge in [-0.3, -0.25) is 14.9 Å². The molecular weight excluding hydrogens is 364 g/mol. The third-order valence-corrected chi connectivity index (χ3v) is 3.50. The molecular formula is C19H16N4O5. The molecule has 142 valence electrons. The zero-order valence-electron chi connectivity index (χ0n) is 14.8. The molecule has 0 aliphatic carbocycles. The average Bonchev–Trinajstić information content (AvgIpc) is 2.69. The highest BCUT2D eigenvalue weighted by molar-refractivity contribution is 6.09. The molecule has 28 heavy (non-hydrogen) atoms. The molecule has 0 fully saturated rings. The minimum Gasteiger partial charge on any atom is -0.462 e. The Morgan fingerprint density at radius 1 is 1.21 bits per heavy atom. The van der Waals surface area contributed by atoms with Gasteiger partial charge in [-0.2, -0.15) is 5.26 Å². The van der Waals surface area contributed by atoms with Gasteiger partial charge in [0.05, 0.1) is 22.8 Å². The molecule has 2 N–H and O–H groups in total. The van der Waals surface area contributed by atoms with E-state index in [1.54, 1.807) is 25.1 Å². The van der Waals surface area contributed by atoms with Crippen LogP contribution in [0.1, 0.15) is 17.3 Å². The zero-order valence-corrected chi connectivity index (χ0v) is 14.8. The lowest BCUT2D eigenvalue weighted by atomic mass is 10.1. The van der Waals surface area contributed by atoms with E-state index in [9.17, 15) is 25.0 Å². The number of carbonyl (C=O) groups excluding carboxylic acids is 2.